The van der Waals surface area contributed by atoms with Crippen molar-refractivity contribution in [2.45, 2.75) is 63.6 Å². The minimum absolute atomic E-state index is 0. The zero-order valence-electron chi connectivity index (χ0n) is 24.9. The summed E-state index contributed by atoms with van der Waals surface area (Å²) >= 11 is 0. The number of hydrogen-bond donors (Lipinski definition) is 4. The van der Waals surface area contributed by atoms with Crippen molar-refractivity contribution >= 4 is 5.84 Å². The first-order valence-electron chi connectivity index (χ1n) is 12.9. The quantitative estimate of drug-likeness (QED) is 0.209. The van der Waals surface area contributed by atoms with Crippen molar-refractivity contribution in [2.24, 2.45) is 0 Å². The summed E-state index contributed by atoms with van der Waals surface area (Å²) in [5.41, 5.74) is -0.333. The summed E-state index contributed by atoms with van der Waals surface area (Å²) in [6.45, 7) is 9.76. The molecule has 1 aliphatic rings. The van der Waals surface area contributed by atoms with Gasteiger partial charge >= 0.3 is 28.5 Å². The number of nitrogens with zero attached hydrogens (tertiary/aromatic N) is 5. The molecule has 4 N–H and O–H groups in total. The van der Waals surface area contributed by atoms with Crippen molar-refractivity contribution in [2.75, 3.05) is 41.3 Å². The van der Waals surface area contributed by atoms with Crippen LogP contribution in [0.2, 0.25) is 0 Å². The van der Waals surface area contributed by atoms with Crippen molar-refractivity contribution in [1.29, 1.82) is 0 Å². The van der Waals surface area contributed by atoms with Gasteiger partial charge in [0.05, 0.1) is 6.10 Å². The van der Waals surface area contributed by atoms with Gasteiger partial charge in [0.2, 0.25) is 0 Å². The molecular formula is C28H45F3N5NiO4+4. The van der Waals surface area contributed by atoms with Crippen LogP contribution in [0.4, 0.5) is 13.2 Å². The monoisotopic (exact) mass is 630 g/mol. The molecule has 1 aromatic heterocycles. The van der Waals surface area contributed by atoms with Gasteiger partial charge in [-0.3, -0.25) is 0 Å². The van der Waals surface area contributed by atoms with Crippen molar-refractivity contribution in [3.63, 3.8) is 0 Å². The summed E-state index contributed by atoms with van der Waals surface area (Å²) in [4.78, 5) is 8.51. The molecule has 0 amide bonds. The molecule has 1 aliphatic heterocycles. The Balaban J connectivity index is 0.000000616. The molecular weight excluding hydrogens is 586 g/mol. The standard InChI is InChI=1S/C12H18N3O2.C10H11F3O2.C6H16N2.Ni/c1-11(2)12(3,4)15(17)10(14(11)16)9-7-5-6-8-13-9;11-10(12,13)9(15)6-8(14)7-4-2-1-3-5-7;1-7(2)5-6-8(3)4;/h5-8,16-17H,1-4H3;1-5,8-9,14-15H,6H2;5-6H2,1-4H3;/q+1;;;+3. The summed E-state index contributed by atoms with van der Waals surface area (Å²) in [5, 5.41) is 39.7. The third-order valence-corrected chi connectivity index (χ3v) is 6.85. The molecule has 1 radical (unpaired) electrons. The summed E-state index contributed by atoms with van der Waals surface area (Å²) in [5.74, 6) is 0.306. The van der Waals surface area contributed by atoms with Crippen LogP contribution in [0.3, 0.4) is 0 Å². The molecule has 2 aromatic rings. The molecule has 0 bridgehead atoms. The first-order chi connectivity index (χ1) is 18.3. The molecule has 0 saturated carbocycles. The van der Waals surface area contributed by atoms with Crippen LogP contribution in [0.5, 0.6) is 0 Å². The number of pyridine rings is 1. The van der Waals surface area contributed by atoms with Crippen LogP contribution in [0, 0.1) is 0 Å². The van der Waals surface area contributed by atoms with E-state index in [0.29, 0.717) is 17.1 Å². The summed E-state index contributed by atoms with van der Waals surface area (Å²) in [6, 6.07) is 13.3. The van der Waals surface area contributed by atoms with E-state index in [1.165, 1.54) is 12.1 Å². The normalized spacial score (nSPS) is 17.2. The van der Waals surface area contributed by atoms with Gasteiger partial charge in [-0.15, -0.1) is 5.06 Å². The molecule has 233 valence electrons. The molecule has 2 unspecified atom stereocenters. The van der Waals surface area contributed by atoms with E-state index in [1.807, 2.05) is 33.8 Å². The van der Waals surface area contributed by atoms with Crippen molar-refractivity contribution in [1.82, 2.24) is 19.8 Å². The third kappa shape index (κ3) is 11.1. The van der Waals surface area contributed by atoms with Crippen molar-refractivity contribution in [3.05, 3.63) is 66.0 Å². The second kappa shape index (κ2) is 16.4. The van der Waals surface area contributed by atoms with E-state index in [0.717, 1.165) is 22.9 Å². The zero-order chi connectivity index (χ0) is 30.9. The average molecular weight is 631 g/mol. The number of rotatable bonds is 7. The molecule has 9 nitrogen and oxygen atoms in total. The van der Waals surface area contributed by atoms with Crippen LogP contribution < -0.4 is 0 Å². The smallest absolute Gasteiger partial charge is 0.388 e. The second-order valence-electron chi connectivity index (χ2n) is 11.1. The Morgan fingerprint density at radius 1 is 0.902 bits per heavy atom. The van der Waals surface area contributed by atoms with Gasteiger partial charge in [-0.1, -0.05) is 41.1 Å². The summed E-state index contributed by atoms with van der Waals surface area (Å²) in [6.07, 6.45) is -7.60. The van der Waals surface area contributed by atoms with Gasteiger partial charge in [0.15, 0.2) is 22.9 Å². The molecule has 1 aromatic carbocycles. The van der Waals surface area contributed by atoms with E-state index < -0.39 is 35.9 Å². The number of likely N-dealkylation sites (N-methyl/N-ethyl adjacent to an activating group) is 2. The minimum atomic E-state index is -4.68. The number of alkyl halides is 3. The van der Waals surface area contributed by atoms with Crippen LogP contribution in [-0.4, -0.2) is 116 Å². The predicted molar refractivity (Wildman–Crippen MR) is 147 cm³/mol. The number of hydrogen-bond acceptors (Lipinski definition) is 8. The summed E-state index contributed by atoms with van der Waals surface area (Å²) < 4.78 is 37.0. The van der Waals surface area contributed by atoms with E-state index in [4.69, 9.17) is 5.11 Å². The van der Waals surface area contributed by atoms with Crippen LogP contribution in [-0.2, 0) is 16.5 Å². The van der Waals surface area contributed by atoms with Gasteiger partial charge in [0.25, 0.3) is 0 Å². The molecule has 2 heterocycles. The van der Waals surface area contributed by atoms with E-state index in [9.17, 15) is 28.7 Å². The number of benzene rings is 1. The molecule has 0 fully saturated rings. The SMILES string of the molecule is CC1(C)N(O)C(c2ccccn2)=[N+](O)C1(C)C.CN(C)CCN(C)C.OC(CC(O)C(F)(F)F)c1ccccc1.[Ni+3]. The van der Waals surface area contributed by atoms with Gasteiger partial charge in [0.1, 0.15) is 0 Å². The molecule has 13 heteroatoms. The van der Waals surface area contributed by atoms with Crippen LogP contribution in [0.1, 0.15) is 51.5 Å². The maximum absolute atomic E-state index is 12.0. The average Bonchev–Trinajstić information content (AvgIpc) is 3.00. The number of aromatic nitrogens is 1. The second-order valence-corrected chi connectivity index (χ2v) is 11.1. The number of amidine groups is 1. The van der Waals surface area contributed by atoms with Crippen LogP contribution >= 0.6 is 0 Å². The Morgan fingerprint density at radius 3 is 1.76 bits per heavy atom. The van der Waals surface area contributed by atoms with Crippen LogP contribution in [0.25, 0.3) is 0 Å². The molecule has 0 aliphatic carbocycles. The van der Waals surface area contributed by atoms with E-state index in [-0.39, 0.29) is 16.5 Å². The Morgan fingerprint density at radius 2 is 1.39 bits per heavy atom. The van der Waals surface area contributed by atoms with Crippen molar-refractivity contribution in [3.8, 4) is 0 Å². The zero-order valence-corrected chi connectivity index (χ0v) is 25.9. The molecule has 0 spiro atoms. The number of halogens is 3. The largest absolute Gasteiger partial charge is 3.00 e. The third-order valence-electron chi connectivity index (χ3n) is 6.85. The number of aliphatic hydroxyl groups is 2. The Hall–Kier alpha value is -2.28. The number of aliphatic hydroxyl groups excluding tert-OH is 2. The van der Waals surface area contributed by atoms with E-state index in [2.05, 4.69) is 43.0 Å². The fourth-order valence-electron chi connectivity index (χ4n) is 3.41. The first-order valence-corrected chi connectivity index (χ1v) is 12.9. The molecule has 41 heavy (non-hydrogen) atoms. The van der Waals surface area contributed by atoms with Gasteiger partial charge in [-0.25, -0.2) is 10.2 Å². The van der Waals surface area contributed by atoms with Gasteiger partial charge in [-0.05, 0) is 73.6 Å². The maximum atomic E-state index is 12.0. The van der Waals surface area contributed by atoms with E-state index >= 15 is 0 Å². The topological polar surface area (TPSA) is 107 Å². The fourth-order valence-corrected chi connectivity index (χ4v) is 3.41. The predicted octanol–water partition coefficient (Wildman–Crippen LogP) is 3.63. The van der Waals surface area contributed by atoms with Gasteiger partial charge < -0.3 is 25.2 Å². The first kappa shape index (κ1) is 38.7. The Labute approximate surface area is 251 Å². The Bertz CT molecular complexity index is 1050. The molecule has 3 rings (SSSR count). The van der Waals surface area contributed by atoms with Crippen LogP contribution in [0.15, 0.2) is 54.7 Å². The van der Waals surface area contributed by atoms with Crippen molar-refractivity contribution < 1.29 is 55.0 Å². The van der Waals surface area contributed by atoms with Gasteiger partial charge in [0, 0.05) is 25.7 Å². The minimum Gasteiger partial charge on any atom is -0.388 e. The van der Waals surface area contributed by atoms with E-state index in [1.54, 1.807) is 36.5 Å². The maximum Gasteiger partial charge on any atom is 3.00 e. The molecule has 2 atom stereocenters. The summed E-state index contributed by atoms with van der Waals surface area (Å²) in [7, 11) is 8.35. The van der Waals surface area contributed by atoms with Gasteiger partial charge in [-0.2, -0.15) is 13.2 Å². The number of hydroxylamine groups is 3. The Kier molecular flexibility index (Phi) is 15.5. The fraction of sp³-hybridized carbons (Fsp3) is 0.571. The molecule has 0 saturated heterocycles.